The molecule has 3 heterocycles. The minimum atomic E-state index is -0.374. The van der Waals surface area contributed by atoms with Gasteiger partial charge in [0, 0.05) is 4.88 Å². The fraction of sp³-hybridized carbons (Fsp3) is 0.400. The van der Waals surface area contributed by atoms with E-state index in [1.54, 1.807) is 19.1 Å². The summed E-state index contributed by atoms with van der Waals surface area (Å²) in [5.74, 6) is -0.171. The maximum Gasteiger partial charge on any atom is 0.341 e. The first-order valence-corrected chi connectivity index (χ1v) is 12.9. The zero-order chi connectivity index (χ0) is 21.8. The Morgan fingerprint density at radius 3 is 2.84 bits per heavy atom. The molecule has 1 N–H and O–H groups in total. The van der Waals surface area contributed by atoms with E-state index in [9.17, 15) is 9.59 Å². The highest BCUT2D eigenvalue weighted by molar-refractivity contribution is 7.99. The maximum atomic E-state index is 12.6. The number of halogens is 1. The van der Waals surface area contributed by atoms with E-state index in [1.165, 1.54) is 27.6 Å². The molecule has 0 saturated carbocycles. The zero-order valence-corrected chi connectivity index (χ0v) is 19.9. The lowest BCUT2D eigenvalue weighted by molar-refractivity contribution is -0.113. The van der Waals surface area contributed by atoms with Crippen LogP contribution in [0.3, 0.4) is 0 Å². The SMILES string of the molecule is CCOC(=O)c1c(NC(=O)CSc2nnc(-c3ccc(Cl)s3)o2)sc2c1CCCCC2. The predicted molar refractivity (Wildman–Crippen MR) is 124 cm³/mol. The molecule has 0 spiro atoms. The van der Waals surface area contributed by atoms with Crippen molar-refractivity contribution >= 4 is 62.9 Å². The number of hydrogen-bond donors (Lipinski definition) is 1. The molecule has 31 heavy (non-hydrogen) atoms. The lowest BCUT2D eigenvalue weighted by Gasteiger charge is -2.08. The lowest BCUT2D eigenvalue weighted by atomic mass is 10.1. The van der Waals surface area contributed by atoms with Crippen LogP contribution in [0.4, 0.5) is 5.00 Å². The summed E-state index contributed by atoms with van der Waals surface area (Å²) in [5.41, 5.74) is 1.54. The smallest absolute Gasteiger partial charge is 0.341 e. The number of thioether (sulfide) groups is 1. The van der Waals surface area contributed by atoms with Crippen molar-refractivity contribution in [1.82, 2.24) is 10.2 Å². The van der Waals surface area contributed by atoms with Crippen LogP contribution in [-0.2, 0) is 22.4 Å². The number of amides is 1. The molecule has 0 atom stereocenters. The molecule has 0 aromatic carbocycles. The summed E-state index contributed by atoms with van der Waals surface area (Å²) >= 11 is 9.90. The van der Waals surface area contributed by atoms with Gasteiger partial charge in [0.15, 0.2) is 0 Å². The van der Waals surface area contributed by atoms with E-state index in [2.05, 4.69) is 15.5 Å². The number of nitrogens with zero attached hydrogens (tertiary/aromatic N) is 2. The summed E-state index contributed by atoms with van der Waals surface area (Å²) in [6.07, 6.45) is 5.03. The maximum absolute atomic E-state index is 12.6. The molecule has 7 nitrogen and oxygen atoms in total. The molecular formula is C20H20ClN3O4S3. The Balaban J connectivity index is 1.43. The van der Waals surface area contributed by atoms with Gasteiger partial charge < -0.3 is 14.5 Å². The number of esters is 1. The highest BCUT2D eigenvalue weighted by Crippen LogP contribution is 2.38. The van der Waals surface area contributed by atoms with Gasteiger partial charge in [-0.15, -0.1) is 32.9 Å². The topological polar surface area (TPSA) is 94.3 Å². The minimum Gasteiger partial charge on any atom is -0.462 e. The largest absolute Gasteiger partial charge is 0.462 e. The van der Waals surface area contributed by atoms with Gasteiger partial charge in [0.2, 0.25) is 5.91 Å². The first-order chi connectivity index (χ1) is 15.0. The fourth-order valence-corrected chi connectivity index (χ4v) is 6.16. The molecule has 4 rings (SSSR count). The molecule has 0 radical (unpaired) electrons. The number of rotatable bonds is 7. The number of aromatic nitrogens is 2. The van der Waals surface area contributed by atoms with Crippen LogP contribution in [0.2, 0.25) is 4.34 Å². The quantitative estimate of drug-likeness (QED) is 0.254. The number of hydrogen-bond acceptors (Lipinski definition) is 9. The number of nitrogens with one attached hydrogen (secondary N) is 1. The van der Waals surface area contributed by atoms with Gasteiger partial charge in [-0.05, 0) is 50.3 Å². The molecule has 0 unspecified atom stereocenters. The third-order valence-corrected chi connectivity index (χ3v) is 7.92. The molecule has 0 fully saturated rings. The Labute approximate surface area is 196 Å². The van der Waals surface area contributed by atoms with Gasteiger partial charge >= 0.3 is 5.97 Å². The van der Waals surface area contributed by atoms with Crippen molar-refractivity contribution in [3.63, 3.8) is 0 Å². The van der Waals surface area contributed by atoms with Crippen molar-refractivity contribution in [3.05, 3.63) is 32.5 Å². The van der Waals surface area contributed by atoms with Gasteiger partial charge in [-0.3, -0.25) is 4.79 Å². The number of carbonyl (C=O) groups is 2. The van der Waals surface area contributed by atoms with E-state index in [-0.39, 0.29) is 17.6 Å². The first-order valence-electron chi connectivity index (χ1n) is 9.88. The first kappa shape index (κ1) is 22.3. The van der Waals surface area contributed by atoms with Gasteiger partial charge in [0.1, 0.15) is 5.00 Å². The summed E-state index contributed by atoms with van der Waals surface area (Å²) in [5, 5.41) is 11.7. The number of ether oxygens (including phenoxy) is 1. The van der Waals surface area contributed by atoms with Crippen LogP contribution in [0.1, 0.15) is 47.0 Å². The van der Waals surface area contributed by atoms with Crippen LogP contribution in [0, 0.1) is 0 Å². The molecule has 1 aliphatic carbocycles. The number of carbonyl (C=O) groups excluding carboxylic acids is 2. The van der Waals surface area contributed by atoms with E-state index in [1.807, 2.05) is 0 Å². The second-order valence-corrected chi connectivity index (χ2v) is 10.5. The molecule has 164 valence electrons. The predicted octanol–water partition coefficient (Wildman–Crippen LogP) is 5.69. The summed E-state index contributed by atoms with van der Waals surface area (Å²) < 4.78 is 11.5. The third-order valence-electron chi connectivity index (χ3n) is 4.67. The second kappa shape index (κ2) is 10.2. The van der Waals surface area contributed by atoms with Gasteiger partial charge in [-0.1, -0.05) is 29.8 Å². The van der Waals surface area contributed by atoms with Gasteiger partial charge in [-0.2, -0.15) is 0 Å². The summed E-state index contributed by atoms with van der Waals surface area (Å²) in [6.45, 7) is 2.07. The van der Waals surface area contributed by atoms with Gasteiger partial charge in [0.25, 0.3) is 11.1 Å². The van der Waals surface area contributed by atoms with E-state index >= 15 is 0 Å². The average molecular weight is 498 g/mol. The molecule has 0 aliphatic heterocycles. The lowest BCUT2D eigenvalue weighted by Crippen LogP contribution is -2.16. The summed E-state index contributed by atoms with van der Waals surface area (Å²) in [4.78, 5) is 27.1. The Morgan fingerprint density at radius 2 is 2.06 bits per heavy atom. The van der Waals surface area contributed by atoms with Crippen molar-refractivity contribution in [1.29, 1.82) is 0 Å². The average Bonchev–Trinajstić information content (AvgIpc) is 3.42. The molecular weight excluding hydrogens is 478 g/mol. The number of thiophene rings is 2. The second-order valence-electron chi connectivity index (χ2n) is 6.80. The standard InChI is InChI=1S/C20H20ClN3O4S3/c1-2-27-19(26)16-11-6-4-3-5-7-12(11)31-18(16)22-15(25)10-29-20-24-23-17(28-20)13-8-9-14(21)30-13/h8-9H,2-7,10H2,1H3,(H,22,25). The number of anilines is 1. The van der Waals surface area contributed by atoms with Crippen molar-refractivity contribution in [2.24, 2.45) is 0 Å². The highest BCUT2D eigenvalue weighted by Gasteiger charge is 2.26. The van der Waals surface area contributed by atoms with Crippen molar-refractivity contribution in [3.8, 4) is 10.8 Å². The van der Waals surface area contributed by atoms with E-state index in [0.717, 1.165) is 54.3 Å². The zero-order valence-electron chi connectivity index (χ0n) is 16.7. The highest BCUT2D eigenvalue weighted by atomic mass is 35.5. The molecule has 1 amide bonds. The van der Waals surface area contributed by atoms with Crippen LogP contribution in [-0.4, -0.2) is 34.4 Å². The molecule has 3 aromatic rings. The summed E-state index contributed by atoms with van der Waals surface area (Å²) in [7, 11) is 0. The van der Waals surface area contributed by atoms with Crippen LogP contribution >= 0.6 is 46.0 Å². The molecule has 0 bridgehead atoms. The molecule has 3 aromatic heterocycles. The van der Waals surface area contributed by atoms with Crippen molar-refractivity contribution in [2.45, 2.75) is 44.3 Å². The van der Waals surface area contributed by atoms with Crippen LogP contribution < -0.4 is 5.32 Å². The van der Waals surface area contributed by atoms with Crippen LogP contribution in [0.15, 0.2) is 21.8 Å². The van der Waals surface area contributed by atoms with Crippen LogP contribution in [0.5, 0.6) is 0 Å². The van der Waals surface area contributed by atoms with Gasteiger partial charge in [-0.25, -0.2) is 4.79 Å². The Hall–Kier alpha value is -1.88. The van der Waals surface area contributed by atoms with E-state index < -0.39 is 0 Å². The van der Waals surface area contributed by atoms with Crippen molar-refractivity contribution in [2.75, 3.05) is 17.7 Å². The Bertz CT molecular complexity index is 1090. The molecule has 0 saturated heterocycles. The minimum absolute atomic E-state index is 0.0810. The van der Waals surface area contributed by atoms with Gasteiger partial charge in [0.05, 0.1) is 27.1 Å². The number of fused-ring (bicyclic) bond motifs is 1. The molecule has 1 aliphatic rings. The van der Waals surface area contributed by atoms with Crippen molar-refractivity contribution < 1.29 is 18.7 Å². The van der Waals surface area contributed by atoms with E-state index in [4.69, 9.17) is 20.8 Å². The summed E-state index contributed by atoms with van der Waals surface area (Å²) in [6, 6.07) is 3.56. The van der Waals surface area contributed by atoms with Crippen LogP contribution in [0.25, 0.3) is 10.8 Å². The normalized spacial score (nSPS) is 13.5. The number of aryl methyl sites for hydroxylation is 1. The fourth-order valence-electron chi connectivity index (χ4n) is 3.34. The Morgan fingerprint density at radius 1 is 1.23 bits per heavy atom. The molecule has 11 heteroatoms. The Kier molecular flexibility index (Phi) is 7.31. The monoisotopic (exact) mass is 497 g/mol. The third kappa shape index (κ3) is 5.31. The van der Waals surface area contributed by atoms with E-state index in [0.29, 0.717) is 32.6 Å².